The Hall–Kier alpha value is -3.55. The van der Waals surface area contributed by atoms with Crippen LogP contribution in [0.25, 0.3) is 5.57 Å². The van der Waals surface area contributed by atoms with E-state index in [1.807, 2.05) is 32.9 Å². The summed E-state index contributed by atoms with van der Waals surface area (Å²) in [5, 5.41) is 15.7. The molecular formula is C23H27N7O. The lowest BCUT2D eigenvalue weighted by molar-refractivity contribution is 0.102. The lowest BCUT2D eigenvalue weighted by atomic mass is 9.95. The summed E-state index contributed by atoms with van der Waals surface area (Å²) in [7, 11) is 0. The van der Waals surface area contributed by atoms with Crippen molar-refractivity contribution in [1.29, 1.82) is 0 Å². The van der Waals surface area contributed by atoms with Gasteiger partial charge in [0.2, 0.25) is 0 Å². The Morgan fingerprint density at radius 3 is 2.61 bits per heavy atom. The maximum atomic E-state index is 12.7. The molecule has 8 nitrogen and oxygen atoms in total. The SMILES string of the molecule is CCn1nnc(N2CCC(C)=C(c3ccc(NC(=O)c4cncc(C)c4C)cc3)C2)n1. The first-order chi connectivity index (χ1) is 15.0. The molecule has 0 unspecified atom stereocenters. The van der Waals surface area contributed by atoms with E-state index in [2.05, 4.69) is 49.7 Å². The molecule has 1 amide bonds. The van der Waals surface area contributed by atoms with Crippen LogP contribution in [-0.2, 0) is 6.54 Å². The molecule has 160 valence electrons. The van der Waals surface area contributed by atoms with E-state index in [1.54, 1.807) is 17.2 Å². The second kappa shape index (κ2) is 8.67. The fourth-order valence-corrected chi connectivity index (χ4v) is 3.67. The molecule has 1 aliphatic heterocycles. The highest BCUT2D eigenvalue weighted by atomic mass is 16.1. The molecule has 0 saturated carbocycles. The van der Waals surface area contributed by atoms with Crippen molar-refractivity contribution in [2.24, 2.45) is 0 Å². The van der Waals surface area contributed by atoms with Crippen LogP contribution in [0.2, 0.25) is 0 Å². The maximum absolute atomic E-state index is 12.7. The van der Waals surface area contributed by atoms with Crippen molar-refractivity contribution in [1.82, 2.24) is 25.2 Å². The Balaban J connectivity index is 1.49. The molecule has 0 radical (unpaired) electrons. The fraction of sp³-hybridized carbons (Fsp3) is 0.348. The van der Waals surface area contributed by atoms with Gasteiger partial charge in [-0.1, -0.05) is 22.8 Å². The minimum absolute atomic E-state index is 0.147. The summed E-state index contributed by atoms with van der Waals surface area (Å²) in [5.41, 5.74) is 7.05. The standard InChI is InChI=1S/C23H27N7O/c1-5-30-27-23(26-28-30)29-11-10-15(2)21(14-29)18-6-8-19(9-7-18)25-22(31)20-13-24-12-16(3)17(20)4/h6-9,12-13H,5,10-11,14H2,1-4H3,(H,25,31). The van der Waals surface area contributed by atoms with Crippen LogP contribution in [0.4, 0.5) is 11.6 Å². The number of hydrogen-bond acceptors (Lipinski definition) is 6. The average molecular weight is 418 g/mol. The highest BCUT2D eigenvalue weighted by molar-refractivity contribution is 6.05. The third-order valence-corrected chi connectivity index (χ3v) is 5.83. The first kappa shape index (κ1) is 20.7. The third-order valence-electron chi connectivity index (χ3n) is 5.83. The summed E-state index contributed by atoms with van der Waals surface area (Å²) in [4.78, 5) is 20.6. The Kier molecular flexibility index (Phi) is 5.79. The monoisotopic (exact) mass is 417 g/mol. The molecule has 0 spiro atoms. The van der Waals surface area contributed by atoms with Gasteiger partial charge in [0, 0.05) is 31.2 Å². The van der Waals surface area contributed by atoms with Crippen LogP contribution in [0.15, 0.2) is 42.2 Å². The first-order valence-corrected chi connectivity index (χ1v) is 10.5. The summed E-state index contributed by atoms with van der Waals surface area (Å²) in [6.45, 7) is 10.4. The molecule has 1 N–H and O–H groups in total. The highest BCUT2D eigenvalue weighted by Gasteiger charge is 2.21. The topological polar surface area (TPSA) is 88.8 Å². The number of pyridine rings is 1. The molecule has 31 heavy (non-hydrogen) atoms. The molecular weight excluding hydrogens is 390 g/mol. The van der Waals surface area contributed by atoms with Crippen LogP contribution in [0, 0.1) is 13.8 Å². The number of aromatic nitrogens is 5. The molecule has 4 rings (SSSR count). The van der Waals surface area contributed by atoms with E-state index in [1.165, 1.54) is 11.1 Å². The smallest absolute Gasteiger partial charge is 0.266 e. The second-order valence-electron chi connectivity index (χ2n) is 7.87. The highest BCUT2D eigenvalue weighted by Crippen LogP contribution is 2.29. The van der Waals surface area contributed by atoms with Crippen molar-refractivity contribution in [2.45, 2.75) is 40.7 Å². The Morgan fingerprint density at radius 2 is 1.90 bits per heavy atom. The van der Waals surface area contributed by atoms with Gasteiger partial charge in [0.1, 0.15) is 0 Å². The van der Waals surface area contributed by atoms with Gasteiger partial charge in [-0.15, -0.1) is 5.10 Å². The number of carbonyl (C=O) groups is 1. The molecule has 0 aliphatic carbocycles. The quantitative estimate of drug-likeness (QED) is 0.682. The number of hydrogen-bond donors (Lipinski definition) is 1. The van der Waals surface area contributed by atoms with Gasteiger partial charge in [-0.2, -0.15) is 4.80 Å². The molecule has 3 heterocycles. The Morgan fingerprint density at radius 1 is 1.13 bits per heavy atom. The molecule has 0 atom stereocenters. The number of amides is 1. The second-order valence-corrected chi connectivity index (χ2v) is 7.87. The summed E-state index contributed by atoms with van der Waals surface area (Å²) >= 11 is 0. The predicted octanol–water partition coefficient (Wildman–Crippen LogP) is 3.64. The number of aryl methyl sites for hydroxylation is 2. The van der Waals surface area contributed by atoms with Crippen LogP contribution in [0.3, 0.4) is 0 Å². The fourth-order valence-electron chi connectivity index (χ4n) is 3.67. The number of rotatable bonds is 5. The van der Waals surface area contributed by atoms with Gasteiger partial charge in [0.15, 0.2) is 0 Å². The van der Waals surface area contributed by atoms with Gasteiger partial charge in [0.05, 0.1) is 12.1 Å². The predicted molar refractivity (Wildman–Crippen MR) is 121 cm³/mol. The number of nitrogens with zero attached hydrogens (tertiary/aromatic N) is 6. The maximum Gasteiger partial charge on any atom is 0.266 e. The number of carbonyl (C=O) groups excluding carboxylic acids is 1. The number of nitrogens with one attached hydrogen (secondary N) is 1. The van der Waals surface area contributed by atoms with Crippen LogP contribution in [0.5, 0.6) is 0 Å². The van der Waals surface area contributed by atoms with E-state index in [-0.39, 0.29) is 5.91 Å². The minimum Gasteiger partial charge on any atom is -0.334 e. The molecule has 3 aromatic rings. The van der Waals surface area contributed by atoms with E-state index < -0.39 is 0 Å². The summed E-state index contributed by atoms with van der Waals surface area (Å²) in [6, 6.07) is 7.98. The lowest BCUT2D eigenvalue weighted by Crippen LogP contribution is -2.31. The van der Waals surface area contributed by atoms with E-state index in [4.69, 9.17) is 0 Å². The zero-order valence-electron chi connectivity index (χ0n) is 18.4. The van der Waals surface area contributed by atoms with Crippen molar-refractivity contribution in [3.05, 3.63) is 64.5 Å². The minimum atomic E-state index is -0.147. The molecule has 1 aliphatic rings. The van der Waals surface area contributed by atoms with Crippen LogP contribution in [-0.4, -0.2) is 44.2 Å². The van der Waals surface area contributed by atoms with Crippen LogP contribution >= 0.6 is 0 Å². The van der Waals surface area contributed by atoms with Gasteiger partial charge in [-0.05, 0) is 73.7 Å². The largest absolute Gasteiger partial charge is 0.334 e. The average Bonchev–Trinajstić information content (AvgIpc) is 3.26. The molecule has 8 heteroatoms. The zero-order valence-corrected chi connectivity index (χ0v) is 18.4. The van der Waals surface area contributed by atoms with E-state index in [9.17, 15) is 4.79 Å². The third kappa shape index (κ3) is 4.33. The normalized spacial score (nSPS) is 14.1. The van der Waals surface area contributed by atoms with Crippen molar-refractivity contribution >= 4 is 23.1 Å². The van der Waals surface area contributed by atoms with Crippen LogP contribution < -0.4 is 10.2 Å². The Labute approximate surface area is 182 Å². The van der Waals surface area contributed by atoms with E-state index in [0.29, 0.717) is 18.1 Å². The molecule has 0 bridgehead atoms. The van der Waals surface area contributed by atoms with Gasteiger partial charge in [-0.3, -0.25) is 9.78 Å². The van der Waals surface area contributed by atoms with Gasteiger partial charge >= 0.3 is 0 Å². The van der Waals surface area contributed by atoms with Crippen molar-refractivity contribution < 1.29 is 4.79 Å². The number of benzene rings is 1. The van der Waals surface area contributed by atoms with E-state index >= 15 is 0 Å². The van der Waals surface area contributed by atoms with E-state index in [0.717, 1.165) is 41.9 Å². The Bertz CT molecular complexity index is 1130. The molecule has 2 aromatic heterocycles. The zero-order chi connectivity index (χ0) is 22.0. The van der Waals surface area contributed by atoms with Gasteiger partial charge in [-0.25, -0.2) is 0 Å². The van der Waals surface area contributed by atoms with Crippen molar-refractivity contribution in [3.8, 4) is 0 Å². The number of tetrazole rings is 1. The molecule has 1 aromatic carbocycles. The molecule has 0 fully saturated rings. The summed E-state index contributed by atoms with van der Waals surface area (Å²) in [5.74, 6) is 0.517. The lowest BCUT2D eigenvalue weighted by Gasteiger charge is -2.29. The summed E-state index contributed by atoms with van der Waals surface area (Å²) in [6.07, 6.45) is 4.33. The van der Waals surface area contributed by atoms with Gasteiger partial charge in [0.25, 0.3) is 11.9 Å². The van der Waals surface area contributed by atoms with Crippen molar-refractivity contribution in [3.63, 3.8) is 0 Å². The van der Waals surface area contributed by atoms with Crippen LogP contribution in [0.1, 0.15) is 47.3 Å². The summed E-state index contributed by atoms with van der Waals surface area (Å²) < 4.78 is 0. The first-order valence-electron chi connectivity index (χ1n) is 10.5. The van der Waals surface area contributed by atoms with Crippen molar-refractivity contribution in [2.75, 3.05) is 23.3 Å². The van der Waals surface area contributed by atoms with Gasteiger partial charge < -0.3 is 10.2 Å². The molecule has 0 saturated heterocycles. The number of anilines is 2.